The third-order valence-corrected chi connectivity index (χ3v) is 2.21. The van der Waals surface area contributed by atoms with Crippen molar-refractivity contribution in [1.82, 2.24) is 0 Å². The fraction of sp³-hybridized carbons (Fsp3) is 0.125. The zero-order valence-corrected chi connectivity index (χ0v) is 8.62. The number of rotatable bonds is 1. The van der Waals surface area contributed by atoms with Crippen molar-refractivity contribution in [3.05, 3.63) is 21.3 Å². The predicted octanol–water partition coefficient (Wildman–Crippen LogP) is 1.75. The number of benzene rings is 1. The number of halogens is 1. The first-order chi connectivity index (χ1) is 5.69. The molecule has 0 spiro atoms. The molecular weight excluding hydrogens is 267 g/mol. The first-order valence-corrected chi connectivity index (χ1v) is 4.30. The summed E-state index contributed by atoms with van der Waals surface area (Å²) in [7, 11) is 1.56. The second kappa shape index (κ2) is 3.63. The van der Waals surface area contributed by atoms with Gasteiger partial charge in [-0.2, -0.15) is 5.26 Å². The van der Waals surface area contributed by atoms with Crippen LogP contribution < -0.4 is 10.5 Å². The van der Waals surface area contributed by atoms with Crippen molar-refractivity contribution < 1.29 is 4.74 Å². The SMILES string of the molecule is COc1c(N)cc(C#N)cc1I. The predicted molar refractivity (Wildman–Crippen MR) is 54.8 cm³/mol. The van der Waals surface area contributed by atoms with Crippen molar-refractivity contribution in [3.63, 3.8) is 0 Å². The van der Waals surface area contributed by atoms with Crippen LogP contribution >= 0.6 is 22.6 Å². The highest BCUT2D eigenvalue weighted by Gasteiger charge is 2.05. The molecule has 62 valence electrons. The summed E-state index contributed by atoms with van der Waals surface area (Å²) in [5, 5.41) is 8.60. The van der Waals surface area contributed by atoms with E-state index in [1.807, 2.05) is 6.07 Å². The number of nitriles is 1. The molecule has 0 aromatic heterocycles. The van der Waals surface area contributed by atoms with E-state index < -0.39 is 0 Å². The van der Waals surface area contributed by atoms with Crippen molar-refractivity contribution >= 4 is 28.3 Å². The van der Waals surface area contributed by atoms with E-state index in [0.29, 0.717) is 17.0 Å². The lowest BCUT2D eigenvalue weighted by molar-refractivity contribution is 0.414. The van der Waals surface area contributed by atoms with E-state index in [4.69, 9.17) is 15.7 Å². The van der Waals surface area contributed by atoms with Crippen LogP contribution in [0.1, 0.15) is 5.56 Å². The van der Waals surface area contributed by atoms with Crippen LogP contribution in [0.5, 0.6) is 5.75 Å². The molecule has 0 fully saturated rings. The van der Waals surface area contributed by atoms with Crippen LogP contribution in [-0.2, 0) is 0 Å². The van der Waals surface area contributed by atoms with Crippen molar-refractivity contribution in [1.29, 1.82) is 5.26 Å². The fourth-order valence-corrected chi connectivity index (χ4v) is 1.76. The molecule has 0 aliphatic rings. The molecule has 0 radical (unpaired) electrons. The Labute approximate surface area is 84.3 Å². The van der Waals surface area contributed by atoms with Gasteiger partial charge in [0.05, 0.1) is 28.0 Å². The summed E-state index contributed by atoms with van der Waals surface area (Å²) in [6.07, 6.45) is 0. The lowest BCUT2D eigenvalue weighted by atomic mass is 10.2. The molecule has 1 aromatic rings. The first-order valence-electron chi connectivity index (χ1n) is 3.22. The van der Waals surface area contributed by atoms with Crippen molar-refractivity contribution in [2.75, 3.05) is 12.8 Å². The Morgan fingerprint density at radius 1 is 1.58 bits per heavy atom. The Morgan fingerprint density at radius 3 is 2.67 bits per heavy atom. The molecule has 0 saturated carbocycles. The number of hydrogen-bond donors (Lipinski definition) is 1. The second-order valence-electron chi connectivity index (χ2n) is 2.19. The quantitative estimate of drug-likeness (QED) is 0.627. The molecule has 0 aliphatic carbocycles. The molecule has 0 amide bonds. The van der Waals surface area contributed by atoms with Gasteiger partial charge in [-0.1, -0.05) is 0 Å². The fourth-order valence-electron chi connectivity index (χ4n) is 0.895. The molecule has 0 unspecified atom stereocenters. The molecular formula is C8H7IN2O. The maximum Gasteiger partial charge on any atom is 0.155 e. The van der Waals surface area contributed by atoms with E-state index >= 15 is 0 Å². The number of ether oxygens (including phenoxy) is 1. The monoisotopic (exact) mass is 274 g/mol. The van der Waals surface area contributed by atoms with Crippen LogP contribution in [0.2, 0.25) is 0 Å². The Hall–Kier alpha value is -0.960. The summed E-state index contributed by atoms with van der Waals surface area (Å²) in [6.45, 7) is 0. The minimum atomic E-state index is 0.501. The summed E-state index contributed by atoms with van der Waals surface area (Å²) in [5.41, 5.74) is 6.68. The van der Waals surface area contributed by atoms with Crippen LogP contribution in [0.4, 0.5) is 5.69 Å². The molecule has 0 atom stereocenters. The van der Waals surface area contributed by atoms with Crippen LogP contribution in [0.3, 0.4) is 0 Å². The topological polar surface area (TPSA) is 59.0 Å². The highest BCUT2D eigenvalue weighted by molar-refractivity contribution is 14.1. The van der Waals surface area contributed by atoms with Crippen molar-refractivity contribution in [3.8, 4) is 11.8 Å². The van der Waals surface area contributed by atoms with Gasteiger partial charge >= 0.3 is 0 Å². The van der Waals surface area contributed by atoms with Gasteiger partial charge in [-0.25, -0.2) is 0 Å². The van der Waals surface area contributed by atoms with Crippen LogP contribution in [0, 0.1) is 14.9 Å². The van der Waals surface area contributed by atoms with Gasteiger partial charge in [0.1, 0.15) is 0 Å². The number of nitrogens with two attached hydrogens (primary N) is 1. The van der Waals surface area contributed by atoms with Gasteiger partial charge in [0.2, 0.25) is 0 Å². The van der Waals surface area contributed by atoms with E-state index in [-0.39, 0.29) is 0 Å². The number of nitrogen functional groups attached to an aromatic ring is 1. The van der Waals surface area contributed by atoms with Crippen molar-refractivity contribution in [2.24, 2.45) is 0 Å². The minimum absolute atomic E-state index is 0.501. The van der Waals surface area contributed by atoms with E-state index in [1.54, 1.807) is 19.2 Å². The number of hydrogen-bond acceptors (Lipinski definition) is 3. The Balaban J connectivity index is 3.30. The maximum atomic E-state index is 8.60. The molecule has 0 saturated heterocycles. The van der Waals surface area contributed by atoms with Crippen LogP contribution in [0.15, 0.2) is 12.1 Å². The average Bonchev–Trinajstić information content (AvgIpc) is 2.03. The Morgan fingerprint density at radius 2 is 2.25 bits per heavy atom. The zero-order valence-electron chi connectivity index (χ0n) is 6.47. The average molecular weight is 274 g/mol. The van der Waals surface area contributed by atoms with E-state index in [9.17, 15) is 0 Å². The molecule has 3 nitrogen and oxygen atoms in total. The molecule has 12 heavy (non-hydrogen) atoms. The largest absolute Gasteiger partial charge is 0.493 e. The summed E-state index contributed by atoms with van der Waals surface area (Å²) < 4.78 is 5.89. The van der Waals surface area contributed by atoms with Crippen LogP contribution in [0.25, 0.3) is 0 Å². The molecule has 2 N–H and O–H groups in total. The standard InChI is InChI=1S/C8H7IN2O/c1-12-8-6(9)2-5(4-10)3-7(8)11/h2-3H,11H2,1H3. The smallest absolute Gasteiger partial charge is 0.155 e. The molecule has 0 heterocycles. The Bertz CT molecular complexity index is 320. The third kappa shape index (κ3) is 1.61. The number of anilines is 1. The zero-order chi connectivity index (χ0) is 9.14. The van der Waals surface area contributed by atoms with Gasteiger partial charge in [-0.3, -0.25) is 0 Å². The van der Waals surface area contributed by atoms with Gasteiger partial charge in [0.15, 0.2) is 5.75 Å². The van der Waals surface area contributed by atoms with Crippen molar-refractivity contribution in [2.45, 2.75) is 0 Å². The minimum Gasteiger partial charge on any atom is -0.493 e. The second-order valence-corrected chi connectivity index (χ2v) is 3.35. The third-order valence-electron chi connectivity index (χ3n) is 1.41. The summed E-state index contributed by atoms with van der Waals surface area (Å²) in [5.74, 6) is 0.634. The van der Waals surface area contributed by atoms with Gasteiger partial charge in [-0.15, -0.1) is 0 Å². The van der Waals surface area contributed by atoms with E-state index in [2.05, 4.69) is 22.6 Å². The Kier molecular flexibility index (Phi) is 2.76. The summed E-state index contributed by atoms with van der Waals surface area (Å²) in [6, 6.07) is 5.35. The maximum absolute atomic E-state index is 8.60. The number of nitrogens with zero attached hydrogens (tertiary/aromatic N) is 1. The normalized spacial score (nSPS) is 9.08. The molecule has 4 heteroatoms. The molecule has 1 aromatic carbocycles. The highest BCUT2D eigenvalue weighted by atomic mass is 127. The number of methoxy groups -OCH3 is 1. The van der Waals surface area contributed by atoms with Gasteiger partial charge in [-0.05, 0) is 34.7 Å². The highest BCUT2D eigenvalue weighted by Crippen LogP contribution is 2.28. The lowest BCUT2D eigenvalue weighted by Gasteiger charge is -2.06. The summed E-state index contributed by atoms with van der Waals surface area (Å²) >= 11 is 2.08. The summed E-state index contributed by atoms with van der Waals surface area (Å²) in [4.78, 5) is 0. The van der Waals surface area contributed by atoms with Crippen LogP contribution in [-0.4, -0.2) is 7.11 Å². The van der Waals surface area contributed by atoms with E-state index in [0.717, 1.165) is 3.57 Å². The van der Waals surface area contributed by atoms with Gasteiger partial charge < -0.3 is 10.5 Å². The van der Waals surface area contributed by atoms with E-state index in [1.165, 1.54) is 0 Å². The van der Waals surface area contributed by atoms with Gasteiger partial charge in [0, 0.05) is 0 Å². The lowest BCUT2D eigenvalue weighted by Crippen LogP contribution is -1.95. The molecule has 0 aliphatic heterocycles. The van der Waals surface area contributed by atoms with Gasteiger partial charge in [0.25, 0.3) is 0 Å². The molecule has 1 rings (SSSR count). The molecule has 0 bridgehead atoms. The first kappa shape index (κ1) is 9.13.